The van der Waals surface area contributed by atoms with Crippen LogP contribution in [0.3, 0.4) is 0 Å². The maximum Gasteiger partial charge on any atom is 0.254 e. The number of rotatable bonds is 7. The van der Waals surface area contributed by atoms with Gasteiger partial charge in [-0.15, -0.1) is 0 Å². The second-order valence-electron chi connectivity index (χ2n) is 7.24. The molecule has 4 rings (SSSR count). The van der Waals surface area contributed by atoms with Gasteiger partial charge in [-0.05, 0) is 57.0 Å². The molecule has 2 aromatic rings. The van der Waals surface area contributed by atoms with Crippen molar-refractivity contribution in [2.45, 2.75) is 43.7 Å². The van der Waals surface area contributed by atoms with Gasteiger partial charge in [0.15, 0.2) is 0 Å². The number of sulfonamides is 1. The molecule has 7 nitrogen and oxygen atoms in total. The Morgan fingerprint density at radius 2 is 1.75 bits per heavy atom. The minimum atomic E-state index is -3.55. The number of hydrogen-bond acceptors (Lipinski definition) is 5. The molecule has 0 bridgehead atoms. The van der Waals surface area contributed by atoms with E-state index in [2.05, 4.69) is 0 Å². The Morgan fingerprint density at radius 3 is 2.32 bits per heavy atom. The van der Waals surface area contributed by atoms with Crippen molar-refractivity contribution in [1.82, 2.24) is 8.87 Å². The van der Waals surface area contributed by atoms with Crippen LogP contribution in [0.2, 0.25) is 0 Å². The van der Waals surface area contributed by atoms with Crippen molar-refractivity contribution < 1.29 is 17.9 Å². The molecular weight excluding hydrogens is 380 g/mol. The Kier molecular flexibility index (Phi) is 4.93. The predicted octanol–water partition coefficient (Wildman–Crippen LogP) is 2.34. The summed E-state index contributed by atoms with van der Waals surface area (Å²) in [5, 5.41) is 0. The van der Waals surface area contributed by atoms with E-state index in [0.29, 0.717) is 24.1 Å². The first-order valence-electron chi connectivity index (χ1n) is 9.51. The summed E-state index contributed by atoms with van der Waals surface area (Å²) in [6, 6.07) is 10.1. The number of hydrogen-bond donors (Lipinski definition) is 0. The highest BCUT2D eigenvalue weighted by molar-refractivity contribution is 7.89. The number of benzene rings is 1. The van der Waals surface area contributed by atoms with Crippen molar-refractivity contribution in [2.75, 3.05) is 19.7 Å². The molecule has 1 aromatic carbocycles. The van der Waals surface area contributed by atoms with Gasteiger partial charge in [0.1, 0.15) is 17.6 Å². The molecule has 1 aromatic heterocycles. The molecule has 0 spiro atoms. The summed E-state index contributed by atoms with van der Waals surface area (Å²) in [4.78, 5) is 12.5. The van der Waals surface area contributed by atoms with Crippen LogP contribution in [0.25, 0.3) is 0 Å². The van der Waals surface area contributed by atoms with E-state index < -0.39 is 10.0 Å². The third kappa shape index (κ3) is 3.66. The molecule has 0 radical (unpaired) electrons. The van der Waals surface area contributed by atoms with E-state index in [9.17, 15) is 13.2 Å². The fraction of sp³-hybridized carbons (Fsp3) is 0.450. The van der Waals surface area contributed by atoms with Gasteiger partial charge in [0.05, 0.1) is 24.6 Å². The molecule has 2 aliphatic rings. The summed E-state index contributed by atoms with van der Waals surface area (Å²) in [7, 11) is -3.55. The molecule has 1 aliphatic heterocycles. The smallest absolute Gasteiger partial charge is 0.254 e. The normalized spacial score (nSPS) is 17.9. The number of aromatic nitrogens is 1. The van der Waals surface area contributed by atoms with Gasteiger partial charge in [0.2, 0.25) is 10.0 Å². The van der Waals surface area contributed by atoms with Crippen LogP contribution < -0.4 is 15.0 Å². The second-order valence-corrected chi connectivity index (χ2v) is 9.18. The Bertz CT molecular complexity index is 1020. The Balaban J connectivity index is 1.39. The van der Waals surface area contributed by atoms with Gasteiger partial charge >= 0.3 is 0 Å². The van der Waals surface area contributed by atoms with E-state index in [0.717, 1.165) is 18.5 Å². The first-order chi connectivity index (χ1) is 13.4. The highest BCUT2D eigenvalue weighted by Crippen LogP contribution is 2.35. The number of nitrogens with zero attached hydrogens (tertiary/aromatic N) is 2. The van der Waals surface area contributed by atoms with Gasteiger partial charge in [-0.1, -0.05) is 0 Å². The summed E-state index contributed by atoms with van der Waals surface area (Å²) < 4.78 is 39.8. The lowest BCUT2D eigenvalue weighted by atomic mass is 10.2. The van der Waals surface area contributed by atoms with Crippen molar-refractivity contribution in [2.24, 2.45) is 0 Å². The van der Waals surface area contributed by atoms with Crippen LogP contribution in [0, 0.1) is 6.92 Å². The Labute approximate surface area is 164 Å². The highest BCUT2D eigenvalue weighted by Gasteiger charge is 2.38. The van der Waals surface area contributed by atoms with E-state index in [4.69, 9.17) is 9.47 Å². The van der Waals surface area contributed by atoms with Crippen molar-refractivity contribution in [3.63, 3.8) is 0 Å². The van der Waals surface area contributed by atoms with Gasteiger partial charge in [0.25, 0.3) is 5.56 Å². The van der Waals surface area contributed by atoms with E-state index in [1.807, 2.05) is 19.9 Å². The van der Waals surface area contributed by atoms with E-state index in [1.54, 1.807) is 28.8 Å². The van der Waals surface area contributed by atoms with Crippen LogP contribution >= 0.6 is 0 Å². The predicted molar refractivity (Wildman–Crippen MR) is 104 cm³/mol. The molecule has 28 heavy (non-hydrogen) atoms. The van der Waals surface area contributed by atoms with E-state index >= 15 is 0 Å². The zero-order chi connectivity index (χ0) is 19.9. The third-order valence-electron chi connectivity index (χ3n) is 5.04. The van der Waals surface area contributed by atoms with Crippen molar-refractivity contribution in [3.05, 3.63) is 52.4 Å². The molecule has 2 heterocycles. The quantitative estimate of drug-likeness (QED) is 0.708. The molecule has 0 amide bonds. The van der Waals surface area contributed by atoms with Gasteiger partial charge in [0, 0.05) is 17.8 Å². The molecule has 0 unspecified atom stereocenters. The first kappa shape index (κ1) is 19.0. The molecule has 1 aliphatic carbocycles. The fourth-order valence-electron chi connectivity index (χ4n) is 3.44. The summed E-state index contributed by atoms with van der Waals surface area (Å²) in [5.74, 6) is 1.14. The van der Waals surface area contributed by atoms with Crippen LogP contribution in [0.1, 0.15) is 31.5 Å². The van der Waals surface area contributed by atoms with Gasteiger partial charge < -0.3 is 14.0 Å². The molecule has 8 heteroatoms. The zero-order valence-corrected chi connectivity index (χ0v) is 16.8. The molecule has 0 N–H and O–H groups in total. The average molecular weight is 404 g/mol. The topological polar surface area (TPSA) is 77.8 Å². The van der Waals surface area contributed by atoms with Crippen LogP contribution in [0.5, 0.6) is 11.5 Å². The van der Waals surface area contributed by atoms with E-state index in [-0.39, 0.29) is 29.6 Å². The maximum absolute atomic E-state index is 12.7. The minimum absolute atomic E-state index is 0.0595. The van der Waals surface area contributed by atoms with Crippen LogP contribution in [-0.4, -0.2) is 43.1 Å². The Morgan fingerprint density at radius 1 is 1.07 bits per heavy atom. The fourth-order valence-corrected chi connectivity index (χ4v) is 4.94. The Hall–Kier alpha value is -2.32. The SMILES string of the molecule is CCOc1ccc(S(=O)(=O)N2CC(Oc3cc(C)n(C4CC4)c(=O)c3)C2)cc1. The number of ether oxygens (including phenoxy) is 2. The third-order valence-corrected chi connectivity index (χ3v) is 6.88. The van der Waals surface area contributed by atoms with Crippen molar-refractivity contribution in [1.29, 1.82) is 0 Å². The van der Waals surface area contributed by atoms with Crippen LogP contribution in [0.4, 0.5) is 0 Å². The summed E-state index contributed by atoms with van der Waals surface area (Å²) in [5.41, 5.74) is 0.818. The first-order valence-corrected chi connectivity index (χ1v) is 11.0. The highest BCUT2D eigenvalue weighted by atomic mass is 32.2. The van der Waals surface area contributed by atoms with Gasteiger partial charge in [-0.2, -0.15) is 4.31 Å². The standard InChI is InChI=1S/C20H24N2O5S/c1-3-26-16-6-8-19(9-7-16)28(24,25)21-12-18(13-21)27-17-10-14(2)22(15-4-5-15)20(23)11-17/h6-11,15,18H,3-5,12-13H2,1-2H3. The summed E-state index contributed by atoms with van der Waals surface area (Å²) >= 11 is 0. The molecule has 150 valence electrons. The monoisotopic (exact) mass is 404 g/mol. The molecule has 0 atom stereocenters. The molecule has 1 saturated carbocycles. The van der Waals surface area contributed by atoms with Gasteiger partial charge in [-0.25, -0.2) is 8.42 Å². The summed E-state index contributed by atoms with van der Waals surface area (Å²) in [6.45, 7) is 4.83. The lowest BCUT2D eigenvalue weighted by molar-refractivity contribution is 0.0758. The van der Waals surface area contributed by atoms with Crippen LogP contribution in [-0.2, 0) is 10.0 Å². The van der Waals surface area contributed by atoms with Crippen LogP contribution in [0.15, 0.2) is 46.1 Å². The molecule has 1 saturated heterocycles. The number of pyridine rings is 1. The van der Waals surface area contributed by atoms with Crippen molar-refractivity contribution in [3.8, 4) is 11.5 Å². The zero-order valence-electron chi connectivity index (χ0n) is 16.0. The molecular formula is C20H24N2O5S. The second kappa shape index (κ2) is 7.25. The van der Waals surface area contributed by atoms with E-state index in [1.165, 1.54) is 10.4 Å². The minimum Gasteiger partial charge on any atom is -0.494 e. The summed E-state index contributed by atoms with van der Waals surface area (Å²) in [6.07, 6.45) is 1.83. The number of aryl methyl sites for hydroxylation is 1. The lowest BCUT2D eigenvalue weighted by Gasteiger charge is -2.37. The largest absolute Gasteiger partial charge is 0.494 e. The lowest BCUT2D eigenvalue weighted by Crippen LogP contribution is -2.56. The van der Waals surface area contributed by atoms with Gasteiger partial charge in [-0.3, -0.25) is 4.79 Å². The maximum atomic E-state index is 12.7. The molecule has 2 fully saturated rings. The van der Waals surface area contributed by atoms with Crippen molar-refractivity contribution >= 4 is 10.0 Å². The average Bonchev–Trinajstić information content (AvgIpc) is 3.43.